The zero-order chi connectivity index (χ0) is 32.9. The predicted molar refractivity (Wildman–Crippen MR) is 162 cm³/mol. The van der Waals surface area contributed by atoms with E-state index in [1.54, 1.807) is 6.08 Å². The number of fused-ring (bicyclic) bond motifs is 2. The van der Waals surface area contributed by atoms with Gasteiger partial charge in [0.15, 0.2) is 11.9 Å². The molecule has 1 aromatic rings. The van der Waals surface area contributed by atoms with E-state index in [0.717, 1.165) is 18.4 Å². The van der Waals surface area contributed by atoms with Gasteiger partial charge in [0.1, 0.15) is 17.8 Å². The Labute approximate surface area is 260 Å². The largest absolute Gasteiger partial charge is 0.479 e. The number of allylic oxidation sites excluding steroid dienone is 1. The molecule has 10 heteroatoms. The number of ether oxygens (including phenoxy) is 4. The van der Waals surface area contributed by atoms with Crippen molar-refractivity contribution in [3.8, 4) is 0 Å². The monoisotopic (exact) mass is 616 g/mol. The Bertz CT molecular complexity index is 1210. The Balaban J connectivity index is 1.82. The third-order valence-electron chi connectivity index (χ3n) is 8.87. The highest BCUT2D eigenvalue weighted by Crippen LogP contribution is 2.53. The van der Waals surface area contributed by atoms with Gasteiger partial charge in [0.05, 0.1) is 6.61 Å². The fraction of sp³-hybridized carbons (Fsp3) is 0.618. The van der Waals surface area contributed by atoms with Gasteiger partial charge in [-0.15, -0.1) is 0 Å². The second-order valence-electron chi connectivity index (χ2n) is 12.8. The van der Waals surface area contributed by atoms with Crippen LogP contribution in [-0.2, 0) is 39.8 Å². The van der Waals surface area contributed by atoms with E-state index < -0.39 is 59.8 Å². The van der Waals surface area contributed by atoms with Gasteiger partial charge >= 0.3 is 17.9 Å². The van der Waals surface area contributed by atoms with E-state index in [1.165, 1.54) is 19.9 Å². The second kappa shape index (κ2) is 14.4. The summed E-state index contributed by atoms with van der Waals surface area (Å²) in [5.41, 5.74) is -3.10. The summed E-state index contributed by atoms with van der Waals surface area (Å²) in [6.07, 6.45) is 1.10. The Hall–Kier alpha value is -3.05. The van der Waals surface area contributed by atoms with Crippen LogP contribution in [0.5, 0.6) is 0 Å². The molecule has 0 saturated carbocycles. The van der Waals surface area contributed by atoms with Crippen molar-refractivity contribution >= 4 is 17.9 Å². The zero-order valence-corrected chi connectivity index (χ0v) is 26.7. The van der Waals surface area contributed by atoms with Crippen molar-refractivity contribution in [3.05, 3.63) is 60.2 Å². The first-order chi connectivity index (χ1) is 20.6. The smallest absolute Gasteiger partial charge is 0.343 e. The summed E-state index contributed by atoms with van der Waals surface area (Å²) in [5.74, 6) is -4.55. The van der Waals surface area contributed by atoms with E-state index >= 15 is 0 Å². The van der Waals surface area contributed by atoms with Crippen LogP contribution in [0, 0.1) is 17.8 Å². The Morgan fingerprint density at radius 3 is 2.43 bits per heavy atom. The summed E-state index contributed by atoms with van der Waals surface area (Å²) >= 11 is 0. The number of benzene rings is 1. The zero-order valence-electron chi connectivity index (χ0n) is 26.7. The summed E-state index contributed by atoms with van der Waals surface area (Å²) in [5, 5.41) is 33.0. The van der Waals surface area contributed by atoms with Crippen LogP contribution in [0.2, 0.25) is 0 Å². The first-order valence-electron chi connectivity index (χ1n) is 15.3. The van der Waals surface area contributed by atoms with E-state index in [-0.39, 0.29) is 24.7 Å². The average molecular weight is 617 g/mol. The van der Waals surface area contributed by atoms with Gasteiger partial charge in [-0.2, -0.15) is 0 Å². The molecule has 3 rings (SSSR count). The number of carboxylic acid groups (broad SMARTS) is 1. The molecule has 2 fully saturated rings. The molecular weight excluding hydrogens is 568 g/mol. The highest BCUT2D eigenvalue weighted by atomic mass is 16.8. The molecule has 2 bridgehead atoms. The van der Waals surface area contributed by atoms with Crippen molar-refractivity contribution in [2.24, 2.45) is 17.8 Å². The number of carboxylic acids is 1. The SMILES string of the molecule is C=C(CC[C@]12OC[C@](C)(O)[C@](C(=O)O)(O1)[C@H](OC(=O)/C=C/[C@@H](C)C[C@@H](C)CC)[C@H]2O)[C@@H](OC(C)=O)[C@H](C)Cc1ccccc1. The second-order valence-corrected chi connectivity index (χ2v) is 12.8. The number of aliphatic carboxylic acids is 1. The normalized spacial score (nSPS) is 30.7. The maximum absolute atomic E-state index is 12.9. The van der Waals surface area contributed by atoms with Gasteiger partial charge in [0.25, 0.3) is 0 Å². The topological polar surface area (TPSA) is 149 Å². The molecule has 0 radical (unpaired) electrons. The van der Waals surface area contributed by atoms with Crippen LogP contribution in [0.3, 0.4) is 0 Å². The molecule has 2 saturated heterocycles. The van der Waals surface area contributed by atoms with Crippen LogP contribution in [0.4, 0.5) is 0 Å². The minimum Gasteiger partial charge on any atom is -0.479 e. The lowest BCUT2D eigenvalue weighted by atomic mass is 9.79. The number of hydrogen-bond acceptors (Lipinski definition) is 9. The van der Waals surface area contributed by atoms with Crippen LogP contribution >= 0.6 is 0 Å². The Morgan fingerprint density at radius 1 is 1.18 bits per heavy atom. The number of esters is 2. The molecule has 0 aliphatic carbocycles. The maximum atomic E-state index is 12.9. The minimum atomic E-state index is -2.51. The number of carbonyl (C=O) groups is 3. The number of aliphatic hydroxyl groups is 2. The molecule has 0 unspecified atom stereocenters. The van der Waals surface area contributed by atoms with Gasteiger partial charge < -0.3 is 34.3 Å². The van der Waals surface area contributed by atoms with Crippen molar-refractivity contribution in [2.75, 3.05) is 6.61 Å². The number of hydrogen-bond donors (Lipinski definition) is 3. The van der Waals surface area contributed by atoms with Crippen molar-refractivity contribution in [3.63, 3.8) is 0 Å². The highest BCUT2D eigenvalue weighted by molar-refractivity contribution is 5.85. The van der Waals surface area contributed by atoms with E-state index in [9.17, 15) is 29.7 Å². The number of rotatable bonds is 15. The van der Waals surface area contributed by atoms with Gasteiger partial charge in [-0.25, -0.2) is 9.59 Å². The molecule has 0 amide bonds. The first kappa shape index (κ1) is 35.4. The van der Waals surface area contributed by atoms with Crippen LogP contribution in [0.25, 0.3) is 0 Å². The standard InChI is InChI=1S/C34H48O10/c1-8-21(2)18-22(3)14-15-27(36)43-30-29(37)33(41-20-32(7,40)34(30,44-33)31(38)39)17-16-23(4)28(42-25(6)35)24(5)19-26-12-10-9-11-13-26/h9-15,21-22,24,28-30,37,40H,4,8,16-20H2,1-3,5-7H3,(H,38,39)/b15-14+/t21-,22+,24+,28+,29+,30+,32-,33-,34-/m0/s1. The fourth-order valence-electron chi connectivity index (χ4n) is 6.20. The Morgan fingerprint density at radius 2 is 1.84 bits per heavy atom. The van der Waals surface area contributed by atoms with Crippen LogP contribution in [0.15, 0.2) is 54.6 Å². The predicted octanol–water partition coefficient (Wildman–Crippen LogP) is 4.37. The van der Waals surface area contributed by atoms with E-state index in [4.69, 9.17) is 18.9 Å². The molecule has 2 heterocycles. The van der Waals surface area contributed by atoms with Crippen molar-refractivity contribution < 1.29 is 48.7 Å². The molecule has 10 nitrogen and oxygen atoms in total. The summed E-state index contributed by atoms with van der Waals surface area (Å²) in [6, 6.07) is 9.71. The van der Waals surface area contributed by atoms with Gasteiger partial charge in [-0.3, -0.25) is 4.79 Å². The minimum absolute atomic E-state index is 0.0631. The number of carbonyl (C=O) groups excluding carboxylic acids is 2. The summed E-state index contributed by atoms with van der Waals surface area (Å²) < 4.78 is 23.0. The van der Waals surface area contributed by atoms with Crippen molar-refractivity contribution in [1.82, 2.24) is 0 Å². The van der Waals surface area contributed by atoms with Crippen LogP contribution < -0.4 is 0 Å². The molecule has 2 aliphatic rings. The van der Waals surface area contributed by atoms with E-state index in [2.05, 4.69) is 20.4 Å². The summed E-state index contributed by atoms with van der Waals surface area (Å²) in [7, 11) is 0. The lowest BCUT2D eigenvalue weighted by Gasteiger charge is -2.46. The van der Waals surface area contributed by atoms with Gasteiger partial charge in [0, 0.05) is 25.3 Å². The molecule has 44 heavy (non-hydrogen) atoms. The molecule has 9 atom stereocenters. The maximum Gasteiger partial charge on any atom is 0.343 e. The van der Waals surface area contributed by atoms with E-state index in [0.29, 0.717) is 17.9 Å². The van der Waals surface area contributed by atoms with E-state index in [1.807, 2.05) is 44.2 Å². The lowest BCUT2D eigenvalue weighted by molar-refractivity contribution is -0.356. The third-order valence-corrected chi connectivity index (χ3v) is 8.87. The average Bonchev–Trinajstić information content (AvgIpc) is 3.18. The Kier molecular flexibility index (Phi) is 11.6. The quantitative estimate of drug-likeness (QED) is 0.147. The molecule has 244 valence electrons. The molecule has 2 aliphatic heterocycles. The first-order valence-corrected chi connectivity index (χ1v) is 15.3. The van der Waals surface area contributed by atoms with Crippen LogP contribution in [-0.4, -0.2) is 75.1 Å². The van der Waals surface area contributed by atoms with Gasteiger partial charge in [-0.1, -0.05) is 77.1 Å². The van der Waals surface area contributed by atoms with Gasteiger partial charge in [-0.05, 0) is 49.2 Å². The molecule has 1 aromatic carbocycles. The molecule has 0 spiro atoms. The van der Waals surface area contributed by atoms with Crippen molar-refractivity contribution in [2.45, 2.75) is 109 Å². The fourth-order valence-corrected chi connectivity index (χ4v) is 6.20. The highest BCUT2D eigenvalue weighted by Gasteiger charge is 2.78. The lowest BCUT2D eigenvalue weighted by Crippen LogP contribution is -2.69. The summed E-state index contributed by atoms with van der Waals surface area (Å²) in [6.45, 7) is 14.2. The van der Waals surface area contributed by atoms with Gasteiger partial charge in [0.2, 0.25) is 5.60 Å². The third kappa shape index (κ3) is 7.59. The summed E-state index contributed by atoms with van der Waals surface area (Å²) in [4.78, 5) is 37.6. The molecule has 0 aromatic heterocycles. The van der Waals surface area contributed by atoms with Crippen molar-refractivity contribution in [1.29, 1.82) is 0 Å². The molecule has 3 N–H and O–H groups in total. The number of aliphatic hydroxyl groups excluding tert-OH is 1. The van der Waals surface area contributed by atoms with Crippen LogP contribution in [0.1, 0.15) is 72.8 Å². The molecular formula is C34H48O10.